The van der Waals surface area contributed by atoms with E-state index in [1.165, 1.54) is 0 Å². The van der Waals surface area contributed by atoms with Gasteiger partial charge in [-0.1, -0.05) is 30.3 Å². The van der Waals surface area contributed by atoms with E-state index in [0.29, 0.717) is 24.8 Å². The molecule has 0 saturated carbocycles. The van der Waals surface area contributed by atoms with Gasteiger partial charge in [0.1, 0.15) is 5.82 Å². The largest absolute Gasteiger partial charge is 0.389 e. The first-order valence-corrected chi connectivity index (χ1v) is 11.2. The number of fused-ring (bicyclic) bond motifs is 1. The highest BCUT2D eigenvalue weighted by molar-refractivity contribution is 6.00. The third-order valence-corrected chi connectivity index (χ3v) is 6.17. The van der Waals surface area contributed by atoms with Gasteiger partial charge >= 0.3 is 0 Å². The van der Waals surface area contributed by atoms with Crippen molar-refractivity contribution < 1.29 is 19.0 Å². The Morgan fingerprint density at radius 1 is 1.24 bits per heavy atom. The smallest absolute Gasteiger partial charge is 0.254 e. The maximum atomic E-state index is 15.4. The lowest BCUT2D eigenvalue weighted by Gasteiger charge is -2.28. The molecule has 8 heteroatoms. The van der Waals surface area contributed by atoms with Gasteiger partial charge in [-0.25, -0.2) is 4.39 Å². The predicted octanol–water partition coefficient (Wildman–Crippen LogP) is 3.24. The molecular weight excluding hydrogens is 435 g/mol. The average molecular weight is 461 g/mol. The molecule has 34 heavy (non-hydrogen) atoms. The van der Waals surface area contributed by atoms with Crippen molar-refractivity contribution in [1.29, 1.82) is 0 Å². The normalized spacial score (nSPS) is 18.2. The van der Waals surface area contributed by atoms with Crippen LogP contribution in [0.5, 0.6) is 0 Å². The third kappa shape index (κ3) is 4.42. The first kappa shape index (κ1) is 22.2. The maximum Gasteiger partial charge on any atom is 0.254 e. The van der Waals surface area contributed by atoms with Crippen LogP contribution >= 0.6 is 0 Å². The van der Waals surface area contributed by atoms with Gasteiger partial charge in [0.15, 0.2) is 0 Å². The highest BCUT2D eigenvalue weighted by atomic mass is 19.1. The van der Waals surface area contributed by atoms with E-state index in [-0.39, 0.29) is 12.2 Å². The minimum absolute atomic E-state index is 0.0349. The quantitative estimate of drug-likeness (QED) is 0.477. The molecule has 2 N–H and O–H groups in total. The van der Waals surface area contributed by atoms with E-state index in [1.54, 1.807) is 35.3 Å². The molecule has 0 unspecified atom stereocenters. The second-order valence-electron chi connectivity index (χ2n) is 8.58. The van der Waals surface area contributed by atoms with Gasteiger partial charge in [0.05, 0.1) is 36.2 Å². The van der Waals surface area contributed by atoms with Gasteiger partial charge in [-0.05, 0) is 41.5 Å². The second kappa shape index (κ2) is 9.32. The fourth-order valence-corrected chi connectivity index (χ4v) is 4.34. The number of nitrogens with zero attached hydrogens (tertiary/aromatic N) is 3. The molecule has 2 atom stereocenters. The van der Waals surface area contributed by atoms with Gasteiger partial charge in [0.25, 0.3) is 5.91 Å². The molecule has 4 aromatic rings. The topological polar surface area (TPSA) is 89.3 Å². The monoisotopic (exact) mass is 460 g/mol. The van der Waals surface area contributed by atoms with E-state index in [4.69, 9.17) is 4.74 Å². The van der Waals surface area contributed by atoms with Gasteiger partial charge in [-0.15, -0.1) is 0 Å². The number of aromatic nitrogens is 3. The zero-order valence-electron chi connectivity index (χ0n) is 18.7. The fraction of sp³-hybridized carbons (Fsp3) is 0.269. The lowest BCUT2D eigenvalue weighted by molar-refractivity contribution is -0.0261. The van der Waals surface area contributed by atoms with E-state index < -0.39 is 23.9 Å². The summed E-state index contributed by atoms with van der Waals surface area (Å²) in [4.78, 5) is 17.6. The Kier molecular flexibility index (Phi) is 6.08. The van der Waals surface area contributed by atoms with Crippen molar-refractivity contribution >= 4 is 16.7 Å². The Bertz CT molecular complexity index is 1340. The van der Waals surface area contributed by atoms with Crippen molar-refractivity contribution in [3.05, 3.63) is 83.6 Å². The lowest BCUT2D eigenvalue weighted by Crippen LogP contribution is -2.48. The second-order valence-corrected chi connectivity index (χ2v) is 8.58. The number of hydrogen-bond acceptors (Lipinski definition) is 5. The van der Waals surface area contributed by atoms with E-state index in [2.05, 4.69) is 15.4 Å². The maximum absolute atomic E-state index is 15.4. The number of pyridine rings is 1. The molecule has 2 aromatic carbocycles. The molecule has 1 aliphatic rings. The number of carbonyl (C=O) groups excluding carboxylic acids is 1. The minimum atomic E-state index is -0.815. The van der Waals surface area contributed by atoms with Crippen molar-refractivity contribution in [1.82, 2.24) is 20.1 Å². The number of aliphatic hydroxyl groups excluding tert-OH is 1. The summed E-state index contributed by atoms with van der Waals surface area (Å²) in [5.41, 5.74) is 3.47. The minimum Gasteiger partial charge on any atom is -0.389 e. The highest BCUT2D eigenvalue weighted by Gasteiger charge is 2.27. The van der Waals surface area contributed by atoms with Crippen LogP contribution in [0.4, 0.5) is 4.39 Å². The third-order valence-electron chi connectivity index (χ3n) is 6.17. The van der Waals surface area contributed by atoms with Crippen LogP contribution in [0.2, 0.25) is 0 Å². The number of carbonyl (C=O) groups is 1. The number of ether oxygens (including phenoxy) is 1. The summed E-state index contributed by atoms with van der Waals surface area (Å²) in [5.74, 6) is -1.11. The summed E-state index contributed by atoms with van der Waals surface area (Å²) < 4.78 is 22.3. The van der Waals surface area contributed by atoms with Crippen molar-refractivity contribution in [2.45, 2.75) is 25.0 Å². The number of nitrogens with one attached hydrogen (secondary N) is 1. The van der Waals surface area contributed by atoms with Crippen LogP contribution in [0.15, 0.2) is 61.1 Å². The fourth-order valence-electron chi connectivity index (χ4n) is 4.34. The van der Waals surface area contributed by atoms with Crippen molar-refractivity contribution in [2.75, 3.05) is 13.2 Å². The molecule has 7 nitrogen and oxygen atoms in total. The van der Waals surface area contributed by atoms with Crippen molar-refractivity contribution in [3.63, 3.8) is 0 Å². The zero-order valence-corrected chi connectivity index (χ0v) is 18.7. The first-order chi connectivity index (χ1) is 16.5. The molecule has 174 valence electrons. The van der Waals surface area contributed by atoms with Crippen LogP contribution in [0, 0.1) is 5.82 Å². The van der Waals surface area contributed by atoms with Gasteiger partial charge in [-0.3, -0.25) is 14.5 Å². The summed E-state index contributed by atoms with van der Waals surface area (Å²) in [6.45, 7) is 0.591. The lowest BCUT2D eigenvalue weighted by atomic mass is 9.95. The Morgan fingerprint density at radius 3 is 2.76 bits per heavy atom. The molecule has 3 heterocycles. The molecule has 1 amide bonds. The van der Waals surface area contributed by atoms with Crippen LogP contribution in [0.25, 0.3) is 22.0 Å². The standard InChI is InChI=1S/C26H25FN4O3/c1-31-14-18(13-29-31)22-7-6-16(12-28-22)10-17-11-21(25(27)20-5-3-2-4-19(17)20)26(33)30-23-8-9-34-15-24(23)32/h2-7,11-14,23-24,32H,8-10,15H2,1H3,(H,30,33)/t23-,24-/m0/s1. The van der Waals surface area contributed by atoms with Crippen molar-refractivity contribution in [2.24, 2.45) is 7.05 Å². The van der Waals surface area contributed by atoms with E-state index in [9.17, 15) is 9.90 Å². The highest BCUT2D eigenvalue weighted by Crippen LogP contribution is 2.28. The molecule has 2 aromatic heterocycles. The van der Waals surface area contributed by atoms with E-state index in [0.717, 1.165) is 27.8 Å². The summed E-state index contributed by atoms with van der Waals surface area (Å²) in [5, 5.41) is 18.2. The molecule has 5 rings (SSSR count). The number of benzene rings is 2. The number of rotatable bonds is 5. The number of aliphatic hydroxyl groups is 1. The Balaban J connectivity index is 1.46. The molecule has 0 bridgehead atoms. The predicted molar refractivity (Wildman–Crippen MR) is 126 cm³/mol. The van der Waals surface area contributed by atoms with Gasteiger partial charge in [0.2, 0.25) is 0 Å². The molecule has 0 aliphatic carbocycles. The number of halogens is 1. The Morgan fingerprint density at radius 2 is 2.06 bits per heavy atom. The van der Waals surface area contributed by atoms with Gasteiger partial charge < -0.3 is 15.2 Å². The molecule has 0 spiro atoms. The zero-order chi connectivity index (χ0) is 23.7. The van der Waals surface area contributed by atoms with E-state index >= 15 is 4.39 Å². The SMILES string of the molecule is Cn1cc(-c2ccc(Cc3cc(C(=O)N[C@H]4CCOC[C@@H]4O)c(F)c4ccccc34)cn2)cn1. The van der Waals surface area contributed by atoms with Gasteiger partial charge in [0, 0.05) is 37.0 Å². The summed E-state index contributed by atoms with van der Waals surface area (Å²) in [6, 6.07) is 12.2. The van der Waals surface area contributed by atoms with Crippen molar-refractivity contribution in [3.8, 4) is 11.3 Å². The molecular formula is C26H25FN4O3. The summed E-state index contributed by atoms with van der Waals surface area (Å²) in [6.07, 6.45) is 5.60. The first-order valence-electron chi connectivity index (χ1n) is 11.2. The van der Waals surface area contributed by atoms with Crippen LogP contribution < -0.4 is 5.32 Å². The molecule has 1 fully saturated rings. The number of amides is 1. The van der Waals surface area contributed by atoms with E-state index in [1.807, 2.05) is 37.5 Å². The Labute approximate surface area is 196 Å². The summed E-state index contributed by atoms with van der Waals surface area (Å²) in [7, 11) is 1.86. The van der Waals surface area contributed by atoms with Crippen LogP contribution in [0.1, 0.15) is 27.9 Å². The molecule has 1 aliphatic heterocycles. The van der Waals surface area contributed by atoms with Crippen LogP contribution in [0.3, 0.4) is 0 Å². The molecule has 1 saturated heterocycles. The number of aryl methyl sites for hydroxylation is 1. The van der Waals surface area contributed by atoms with Crippen LogP contribution in [-0.2, 0) is 18.2 Å². The molecule has 0 radical (unpaired) electrons. The average Bonchev–Trinajstić information content (AvgIpc) is 3.29. The number of hydrogen-bond donors (Lipinski definition) is 2. The van der Waals surface area contributed by atoms with Gasteiger partial charge in [-0.2, -0.15) is 5.10 Å². The summed E-state index contributed by atoms with van der Waals surface area (Å²) >= 11 is 0. The van der Waals surface area contributed by atoms with Crippen LogP contribution in [-0.4, -0.2) is 51.1 Å². The Hall–Kier alpha value is -3.62.